The highest BCUT2D eigenvalue weighted by atomic mass is 16.5. The summed E-state index contributed by atoms with van der Waals surface area (Å²) in [6.07, 6.45) is 8.47. The Morgan fingerprint density at radius 1 is 1.03 bits per heavy atom. The van der Waals surface area contributed by atoms with Gasteiger partial charge in [-0.15, -0.1) is 0 Å². The molecule has 1 N–H and O–H groups in total. The summed E-state index contributed by atoms with van der Waals surface area (Å²) in [4.78, 5) is 13.2. The lowest BCUT2D eigenvalue weighted by Gasteiger charge is -2.11. The monoisotopic (exact) mass is 418 g/mol. The summed E-state index contributed by atoms with van der Waals surface area (Å²) in [6.45, 7) is 4.83. The van der Waals surface area contributed by atoms with Crippen molar-refractivity contribution in [2.24, 2.45) is 7.05 Å². The molecule has 0 aliphatic carbocycles. The van der Waals surface area contributed by atoms with E-state index in [0.717, 1.165) is 35.1 Å². The van der Waals surface area contributed by atoms with Gasteiger partial charge in [-0.05, 0) is 37.6 Å². The number of hydrogen-bond acceptors (Lipinski definition) is 7. The molecule has 4 aromatic rings. The molecular weight excluding hydrogens is 392 g/mol. The standard InChI is InChI=1S/C23H26N6O2/c1-4-5-6-11-30-18-12-16(2)23(24-14-18)31-17-7-8-20-19(13-17)22(26-15-25-20)27-21-9-10-29(3)28-21/h7-10,12-15H,4-6,11H2,1-3H3,(H,25,26,27,28). The highest BCUT2D eigenvalue weighted by molar-refractivity contribution is 5.91. The second-order valence-electron chi connectivity index (χ2n) is 7.35. The molecule has 1 aromatic carbocycles. The highest BCUT2D eigenvalue weighted by Gasteiger charge is 2.10. The number of fused-ring (bicyclic) bond motifs is 1. The largest absolute Gasteiger partial charge is 0.492 e. The zero-order valence-electron chi connectivity index (χ0n) is 18.0. The quantitative estimate of drug-likeness (QED) is 0.375. The number of unbranched alkanes of at least 4 members (excludes halogenated alkanes) is 2. The van der Waals surface area contributed by atoms with Crippen LogP contribution in [-0.4, -0.2) is 31.3 Å². The molecule has 0 aliphatic rings. The molecule has 0 saturated carbocycles. The second kappa shape index (κ2) is 9.42. The van der Waals surface area contributed by atoms with Gasteiger partial charge < -0.3 is 14.8 Å². The fourth-order valence-electron chi connectivity index (χ4n) is 3.18. The lowest BCUT2D eigenvalue weighted by Crippen LogP contribution is -2.00. The van der Waals surface area contributed by atoms with Crippen molar-refractivity contribution in [2.45, 2.75) is 33.1 Å². The first kappa shape index (κ1) is 20.6. The maximum absolute atomic E-state index is 6.05. The van der Waals surface area contributed by atoms with Gasteiger partial charge in [0.2, 0.25) is 5.88 Å². The van der Waals surface area contributed by atoms with Gasteiger partial charge in [0.1, 0.15) is 23.6 Å². The van der Waals surface area contributed by atoms with Crippen LogP contribution in [0.25, 0.3) is 10.9 Å². The average Bonchev–Trinajstić information content (AvgIpc) is 3.18. The summed E-state index contributed by atoms with van der Waals surface area (Å²) in [5.74, 6) is 3.32. The molecule has 8 nitrogen and oxygen atoms in total. The lowest BCUT2D eigenvalue weighted by atomic mass is 10.2. The fraction of sp³-hybridized carbons (Fsp3) is 0.304. The van der Waals surface area contributed by atoms with Gasteiger partial charge in [0.05, 0.1) is 18.3 Å². The number of aromatic nitrogens is 5. The van der Waals surface area contributed by atoms with E-state index >= 15 is 0 Å². The van der Waals surface area contributed by atoms with E-state index in [-0.39, 0.29) is 0 Å². The molecule has 4 rings (SSSR count). The molecule has 3 aromatic heterocycles. The topological polar surface area (TPSA) is 87.0 Å². The summed E-state index contributed by atoms with van der Waals surface area (Å²) in [5, 5.41) is 8.41. The minimum atomic E-state index is 0.538. The Labute approximate surface area is 181 Å². The maximum Gasteiger partial charge on any atom is 0.222 e. The van der Waals surface area contributed by atoms with Crippen molar-refractivity contribution in [1.29, 1.82) is 0 Å². The van der Waals surface area contributed by atoms with E-state index in [0.29, 0.717) is 29.9 Å². The Morgan fingerprint density at radius 3 is 2.71 bits per heavy atom. The third-order valence-corrected chi connectivity index (χ3v) is 4.80. The zero-order valence-corrected chi connectivity index (χ0v) is 18.0. The van der Waals surface area contributed by atoms with Crippen LogP contribution in [-0.2, 0) is 7.05 Å². The molecular formula is C23H26N6O2. The van der Waals surface area contributed by atoms with Crippen molar-refractivity contribution in [3.63, 3.8) is 0 Å². The Kier molecular flexibility index (Phi) is 6.26. The number of ether oxygens (including phenoxy) is 2. The first-order valence-corrected chi connectivity index (χ1v) is 10.4. The van der Waals surface area contributed by atoms with E-state index in [2.05, 4.69) is 32.3 Å². The summed E-state index contributed by atoms with van der Waals surface area (Å²) in [5.41, 5.74) is 1.71. The van der Waals surface area contributed by atoms with Gasteiger partial charge in [-0.2, -0.15) is 5.10 Å². The molecule has 8 heteroatoms. The number of benzene rings is 1. The predicted octanol–water partition coefficient (Wildman–Crippen LogP) is 5.17. The minimum absolute atomic E-state index is 0.538. The normalized spacial score (nSPS) is 10.9. The fourth-order valence-corrected chi connectivity index (χ4v) is 3.18. The van der Waals surface area contributed by atoms with Crippen molar-refractivity contribution < 1.29 is 9.47 Å². The maximum atomic E-state index is 6.05. The smallest absolute Gasteiger partial charge is 0.222 e. The van der Waals surface area contributed by atoms with Crippen LogP contribution < -0.4 is 14.8 Å². The molecule has 0 aliphatic heterocycles. The van der Waals surface area contributed by atoms with E-state index in [9.17, 15) is 0 Å². The number of aryl methyl sites for hydroxylation is 2. The highest BCUT2D eigenvalue weighted by Crippen LogP contribution is 2.30. The molecule has 0 unspecified atom stereocenters. The Morgan fingerprint density at radius 2 is 1.94 bits per heavy atom. The molecule has 160 valence electrons. The Balaban J connectivity index is 1.52. The van der Waals surface area contributed by atoms with Crippen molar-refractivity contribution >= 4 is 22.5 Å². The molecule has 0 spiro atoms. The second-order valence-corrected chi connectivity index (χ2v) is 7.35. The molecule has 0 radical (unpaired) electrons. The van der Waals surface area contributed by atoms with Crippen molar-refractivity contribution in [2.75, 3.05) is 11.9 Å². The predicted molar refractivity (Wildman–Crippen MR) is 120 cm³/mol. The van der Waals surface area contributed by atoms with Crippen LogP contribution in [0.15, 0.2) is 49.1 Å². The van der Waals surface area contributed by atoms with Crippen molar-refractivity contribution in [1.82, 2.24) is 24.7 Å². The van der Waals surface area contributed by atoms with Crippen LogP contribution in [0.2, 0.25) is 0 Å². The van der Waals surface area contributed by atoms with E-state index in [1.54, 1.807) is 10.9 Å². The van der Waals surface area contributed by atoms with Crippen molar-refractivity contribution in [3.8, 4) is 17.4 Å². The molecule has 0 saturated heterocycles. The van der Waals surface area contributed by atoms with Crippen LogP contribution in [0.4, 0.5) is 11.6 Å². The molecule has 3 heterocycles. The van der Waals surface area contributed by atoms with Gasteiger partial charge in [-0.25, -0.2) is 15.0 Å². The summed E-state index contributed by atoms with van der Waals surface area (Å²) >= 11 is 0. The third kappa shape index (κ3) is 5.09. The molecule has 0 amide bonds. The average molecular weight is 419 g/mol. The zero-order chi connectivity index (χ0) is 21.6. The van der Waals surface area contributed by atoms with Gasteiger partial charge in [0.15, 0.2) is 5.82 Å². The number of anilines is 2. The van der Waals surface area contributed by atoms with Crippen molar-refractivity contribution in [3.05, 3.63) is 54.6 Å². The van der Waals surface area contributed by atoms with Crippen LogP contribution in [0, 0.1) is 6.92 Å². The van der Waals surface area contributed by atoms with Crippen LogP contribution >= 0.6 is 0 Å². The minimum Gasteiger partial charge on any atom is -0.492 e. The van der Waals surface area contributed by atoms with E-state index in [4.69, 9.17) is 9.47 Å². The summed E-state index contributed by atoms with van der Waals surface area (Å²) in [6, 6.07) is 9.50. The van der Waals surface area contributed by atoms with E-state index in [1.165, 1.54) is 12.7 Å². The Bertz CT molecular complexity index is 1170. The van der Waals surface area contributed by atoms with Crippen LogP contribution in [0.5, 0.6) is 17.4 Å². The summed E-state index contributed by atoms with van der Waals surface area (Å²) < 4.78 is 13.6. The molecule has 0 bridgehead atoms. The van der Waals surface area contributed by atoms with Crippen LogP contribution in [0.3, 0.4) is 0 Å². The van der Waals surface area contributed by atoms with Gasteiger partial charge in [-0.3, -0.25) is 4.68 Å². The number of nitrogens with one attached hydrogen (secondary N) is 1. The summed E-state index contributed by atoms with van der Waals surface area (Å²) in [7, 11) is 1.87. The molecule has 0 atom stereocenters. The first-order chi connectivity index (χ1) is 15.1. The van der Waals surface area contributed by atoms with Gasteiger partial charge in [0, 0.05) is 30.3 Å². The van der Waals surface area contributed by atoms with Gasteiger partial charge in [0.25, 0.3) is 0 Å². The van der Waals surface area contributed by atoms with E-state index in [1.807, 2.05) is 50.5 Å². The van der Waals surface area contributed by atoms with Crippen LogP contribution in [0.1, 0.15) is 31.7 Å². The number of rotatable bonds is 9. The number of pyridine rings is 1. The third-order valence-electron chi connectivity index (χ3n) is 4.80. The lowest BCUT2D eigenvalue weighted by molar-refractivity contribution is 0.304. The SMILES string of the molecule is CCCCCOc1cnc(Oc2ccc3ncnc(Nc4ccn(C)n4)c3c2)c(C)c1. The first-order valence-electron chi connectivity index (χ1n) is 10.4. The number of nitrogens with zero attached hydrogens (tertiary/aromatic N) is 5. The Hall–Kier alpha value is -3.68. The van der Waals surface area contributed by atoms with E-state index < -0.39 is 0 Å². The number of hydrogen-bond donors (Lipinski definition) is 1. The molecule has 0 fully saturated rings. The van der Waals surface area contributed by atoms with Gasteiger partial charge in [-0.1, -0.05) is 19.8 Å². The van der Waals surface area contributed by atoms with Gasteiger partial charge >= 0.3 is 0 Å². The molecule has 31 heavy (non-hydrogen) atoms.